The Labute approximate surface area is 232 Å². The van der Waals surface area contributed by atoms with Crippen LogP contribution in [0.3, 0.4) is 0 Å². The minimum absolute atomic E-state index is 0. The number of fused-ring (bicyclic) bond motifs is 3. The normalized spacial score (nSPS) is 15.3. The largest absolute Gasteiger partial charge is 2.00 e. The second kappa shape index (κ2) is 10.6. The molecule has 34 heavy (non-hydrogen) atoms. The third-order valence-electron chi connectivity index (χ3n) is 5.64. The Kier molecular flexibility index (Phi) is 8.38. The first-order valence-corrected chi connectivity index (χ1v) is 11.0. The van der Waals surface area contributed by atoms with Crippen LogP contribution < -0.4 is 9.47 Å². The fraction of sp³-hybridized carbons (Fsp3) is 0.375. The van der Waals surface area contributed by atoms with Gasteiger partial charge in [0.1, 0.15) is 18.1 Å². The molecule has 0 bridgehead atoms. The van der Waals surface area contributed by atoms with Crippen LogP contribution in [0.5, 0.6) is 11.5 Å². The minimum atomic E-state index is -4.55. The number of alkyl halides is 3. The van der Waals surface area contributed by atoms with Gasteiger partial charge in [-0.1, -0.05) is 17.7 Å². The van der Waals surface area contributed by atoms with E-state index in [1.807, 2.05) is 10.6 Å². The summed E-state index contributed by atoms with van der Waals surface area (Å²) in [6, 6.07) is 9.19. The molecule has 0 aliphatic carbocycles. The average molecular weight is 524 g/mol. The SMILES string of the molecule is CC(C)Oc1ccc(COc2ccc3c(c2)c(Cl)c2n3CC[C@@H]2CC(=O)O)cc1C(F)(F)F.[Ca+2].[H-].[H-]. The Morgan fingerprint density at radius 2 is 2.00 bits per heavy atom. The van der Waals surface area contributed by atoms with Gasteiger partial charge in [-0.05, 0) is 56.2 Å². The number of carboxylic acid groups (broad SMARTS) is 1. The number of aromatic nitrogens is 1. The van der Waals surface area contributed by atoms with E-state index in [4.69, 9.17) is 26.2 Å². The van der Waals surface area contributed by atoms with Crippen molar-refractivity contribution in [2.75, 3.05) is 0 Å². The summed E-state index contributed by atoms with van der Waals surface area (Å²) in [4.78, 5) is 11.2. The van der Waals surface area contributed by atoms with Gasteiger partial charge in [-0.25, -0.2) is 0 Å². The zero-order valence-electron chi connectivity index (χ0n) is 20.8. The summed E-state index contributed by atoms with van der Waals surface area (Å²) in [7, 11) is 0. The molecule has 5 nitrogen and oxygen atoms in total. The van der Waals surface area contributed by atoms with Crippen LogP contribution in [0, 0.1) is 0 Å². The summed E-state index contributed by atoms with van der Waals surface area (Å²) in [6.45, 7) is 3.95. The van der Waals surface area contributed by atoms with Crippen LogP contribution in [-0.4, -0.2) is 59.5 Å². The van der Waals surface area contributed by atoms with Crippen molar-refractivity contribution >= 4 is 66.2 Å². The molecule has 0 saturated carbocycles. The van der Waals surface area contributed by atoms with E-state index in [0.29, 0.717) is 29.3 Å². The molecule has 0 fully saturated rings. The summed E-state index contributed by atoms with van der Waals surface area (Å²) >= 11 is 6.59. The second-order valence-electron chi connectivity index (χ2n) is 8.40. The molecule has 3 aromatic rings. The number of hydrogen-bond acceptors (Lipinski definition) is 3. The van der Waals surface area contributed by atoms with Crippen molar-refractivity contribution in [1.82, 2.24) is 4.57 Å². The molecule has 0 radical (unpaired) electrons. The number of hydrogen-bond donors (Lipinski definition) is 1. The van der Waals surface area contributed by atoms with Gasteiger partial charge in [0.05, 0.1) is 28.6 Å². The number of aliphatic carboxylic acids is 1. The molecule has 2 aromatic carbocycles. The summed E-state index contributed by atoms with van der Waals surface area (Å²) in [6.07, 6.45) is -4.21. The van der Waals surface area contributed by atoms with Gasteiger partial charge in [0.25, 0.3) is 0 Å². The summed E-state index contributed by atoms with van der Waals surface area (Å²) in [5.74, 6) is -0.783. The van der Waals surface area contributed by atoms with Crippen molar-refractivity contribution in [2.45, 2.75) is 58.0 Å². The smallest absolute Gasteiger partial charge is 1.00 e. The predicted octanol–water partition coefficient (Wildman–Crippen LogP) is 6.49. The van der Waals surface area contributed by atoms with E-state index in [1.54, 1.807) is 32.0 Å². The van der Waals surface area contributed by atoms with E-state index >= 15 is 0 Å². The molecule has 1 aliphatic heterocycles. The monoisotopic (exact) mass is 523 g/mol. The molecule has 1 N–H and O–H groups in total. The van der Waals surface area contributed by atoms with Gasteiger partial charge in [-0.15, -0.1) is 0 Å². The van der Waals surface area contributed by atoms with Gasteiger partial charge >= 0.3 is 49.9 Å². The molecule has 0 amide bonds. The van der Waals surface area contributed by atoms with Crippen molar-refractivity contribution in [1.29, 1.82) is 0 Å². The molecule has 180 valence electrons. The van der Waals surface area contributed by atoms with Gasteiger partial charge in [-0.2, -0.15) is 13.2 Å². The maximum atomic E-state index is 13.5. The zero-order chi connectivity index (χ0) is 23.9. The third kappa shape index (κ3) is 5.61. The van der Waals surface area contributed by atoms with Crippen molar-refractivity contribution in [2.24, 2.45) is 0 Å². The predicted molar refractivity (Wildman–Crippen MR) is 126 cm³/mol. The van der Waals surface area contributed by atoms with Crippen LogP contribution in [-0.2, 0) is 24.1 Å². The van der Waals surface area contributed by atoms with E-state index in [-0.39, 0.29) is 71.4 Å². The fourth-order valence-corrected chi connectivity index (χ4v) is 4.69. The summed E-state index contributed by atoms with van der Waals surface area (Å²) in [5, 5.41) is 10.4. The number of rotatable bonds is 7. The van der Waals surface area contributed by atoms with Gasteiger partial charge < -0.3 is 22.0 Å². The first-order valence-electron chi connectivity index (χ1n) is 10.6. The van der Waals surface area contributed by atoms with Crippen LogP contribution in [0.2, 0.25) is 5.02 Å². The Morgan fingerprint density at radius 3 is 2.65 bits per heavy atom. The fourth-order valence-electron chi connectivity index (χ4n) is 4.29. The number of carbonyl (C=O) groups is 1. The minimum Gasteiger partial charge on any atom is -1.00 e. The topological polar surface area (TPSA) is 60.7 Å². The molecular formula is C24H25CaClF3NO4. The van der Waals surface area contributed by atoms with Crippen LogP contribution >= 0.6 is 11.6 Å². The molecule has 0 saturated heterocycles. The maximum absolute atomic E-state index is 13.5. The van der Waals surface area contributed by atoms with E-state index in [2.05, 4.69) is 0 Å². The zero-order valence-corrected chi connectivity index (χ0v) is 21.7. The first-order chi connectivity index (χ1) is 15.5. The summed E-state index contributed by atoms with van der Waals surface area (Å²) < 4.78 is 53.5. The number of aryl methyl sites for hydroxylation is 1. The molecule has 0 spiro atoms. The van der Waals surface area contributed by atoms with Crippen LogP contribution in [0.15, 0.2) is 36.4 Å². The van der Waals surface area contributed by atoms with Gasteiger partial charge in [-0.3, -0.25) is 4.79 Å². The van der Waals surface area contributed by atoms with Crippen LogP contribution in [0.4, 0.5) is 13.2 Å². The number of nitrogens with zero attached hydrogens (tertiary/aromatic N) is 1. The quantitative estimate of drug-likeness (QED) is 0.360. The van der Waals surface area contributed by atoms with E-state index in [1.165, 1.54) is 6.07 Å². The molecule has 2 heterocycles. The molecule has 10 heteroatoms. The van der Waals surface area contributed by atoms with Crippen LogP contribution in [0.1, 0.15) is 52.3 Å². The van der Waals surface area contributed by atoms with Crippen molar-refractivity contribution in [3.63, 3.8) is 0 Å². The molecule has 0 unspecified atom stereocenters. The maximum Gasteiger partial charge on any atom is 2.00 e. The van der Waals surface area contributed by atoms with Crippen molar-refractivity contribution in [3.8, 4) is 11.5 Å². The average Bonchev–Trinajstić information content (AvgIpc) is 3.25. The first kappa shape index (κ1) is 27.0. The standard InChI is InChI=1S/C24H23ClF3NO4.Ca.2H/c1-13(2)33-20-6-3-14(9-18(20)24(26,27)28)12-32-16-4-5-19-17(11-16)22(25)23-15(10-21(30)31)7-8-29(19)23;;;/h3-6,9,11,13,15H,7-8,10,12H2,1-2H3,(H,30,31);;;/q;+2;2*-1/t15-;;;/m1.../s1. The van der Waals surface area contributed by atoms with Gasteiger partial charge in [0.2, 0.25) is 0 Å². The Morgan fingerprint density at radius 1 is 1.26 bits per heavy atom. The van der Waals surface area contributed by atoms with Gasteiger partial charge in [0.15, 0.2) is 0 Å². The molecule has 1 atom stereocenters. The molecule has 1 aromatic heterocycles. The molecular weight excluding hydrogens is 499 g/mol. The number of carboxylic acids is 1. The van der Waals surface area contributed by atoms with Gasteiger partial charge in [0, 0.05) is 23.5 Å². The Balaban J connectivity index is 0.00000216. The van der Waals surface area contributed by atoms with E-state index < -0.39 is 17.7 Å². The van der Waals surface area contributed by atoms with Crippen molar-refractivity contribution < 1.29 is 35.4 Å². The van der Waals surface area contributed by atoms with E-state index in [0.717, 1.165) is 22.7 Å². The Hall–Kier alpha value is -1.61. The Bertz CT molecular complexity index is 1220. The second-order valence-corrected chi connectivity index (χ2v) is 8.77. The van der Waals surface area contributed by atoms with E-state index in [9.17, 15) is 18.0 Å². The molecule has 1 aliphatic rings. The number of benzene rings is 2. The van der Waals surface area contributed by atoms with Crippen molar-refractivity contribution in [3.05, 3.63) is 58.2 Å². The number of halogens is 4. The molecule has 4 rings (SSSR count). The van der Waals surface area contributed by atoms with Crippen LogP contribution in [0.25, 0.3) is 10.9 Å². The number of ether oxygens (including phenoxy) is 2. The summed E-state index contributed by atoms with van der Waals surface area (Å²) in [5.41, 5.74) is 1.20. The third-order valence-corrected chi connectivity index (χ3v) is 6.03.